The average molecular weight is 501 g/mol. The molecular formula is C26H30F2N4O2S. The van der Waals surface area contributed by atoms with Gasteiger partial charge in [-0.05, 0) is 68.8 Å². The first-order chi connectivity index (χ1) is 17.0. The Balaban J connectivity index is 1.61. The molecule has 4 rings (SSSR count). The minimum Gasteiger partial charge on any atom is -0.314 e. The number of nitrogens with one attached hydrogen (secondary N) is 2. The Morgan fingerprint density at radius 1 is 1.17 bits per heavy atom. The quantitative estimate of drug-likeness (QED) is 0.279. The van der Waals surface area contributed by atoms with Crippen LogP contribution in [0.3, 0.4) is 0 Å². The molecule has 9 heteroatoms. The van der Waals surface area contributed by atoms with Crippen molar-refractivity contribution >= 4 is 22.8 Å². The maximum absolute atomic E-state index is 14.7. The molecule has 0 aromatic heterocycles. The van der Waals surface area contributed by atoms with E-state index in [4.69, 9.17) is 4.84 Å². The summed E-state index contributed by atoms with van der Waals surface area (Å²) in [7, 11) is 1.34. The minimum atomic E-state index is -0.954. The van der Waals surface area contributed by atoms with Gasteiger partial charge in [-0.1, -0.05) is 54.2 Å². The molecule has 0 fully saturated rings. The number of hydrogen-bond acceptors (Lipinski definition) is 5. The number of carbonyl (C=O) groups is 1. The van der Waals surface area contributed by atoms with Crippen molar-refractivity contribution < 1.29 is 18.4 Å². The van der Waals surface area contributed by atoms with Gasteiger partial charge in [-0.2, -0.15) is 10.1 Å². The van der Waals surface area contributed by atoms with Crippen LogP contribution in [0.2, 0.25) is 0 Å². The van der Waals surface area contributed by atoms with Gasteiger partial charge in [-0.25, -0.2) is 19.1 Å². The fraction of sp³-hybridized carbons (Fsp3) is 0.385. The Kier molecular flexibility index (Phi) is 8.54. The molecule has 2 aliphatic rings. The lowest BCUT2D eigenvalue weighted by atomic mass is 10.00. The largest absolute Gasteiger partial charge is 0.363 e. The summed E-state index contributed by atoms with van der Waals surface area (Å²) in [4.78, 5) is 17.0. The second-order valence-corrected chi connectivity index (χ2v) is 9.85. The van der Waals surface area contributed by atoms with Gasteiger partial charge in [0.15, 0.2) is 0 Å². The summed E-state index contributed by atoms with van der Waals surface area (Å²) in [5.74, 6) is -1.17. The average Bonchev–Trinajstić information content (AvgIpc) is 3.06. The maximum atomic E-state index is 14.7. The second kappa shape index (κ2) is 11.8. The third kappa shape index (κ3) is 5.91. The van der Waals surface area contributed by atoms with Crippen molar-refractivity contribution in [3.8, 4) is 0 Å². The number of urea groups is 1. The number of nitrogens with zero attached hydrogens (tertiary/aromatic N) is 2. The maximum Gasteiger partial charge on any atom is 0.363 e. The van der Waals surface area contributed by atoms with Gasteiger partial charge in [-0.15, -0.1) is 0 Å². The zero-order valence-corrected chi connectivity index (χ0v) is 20.5. The molecule has 0 radical (unpaired) electrons. The highest BCUT2D eigenvalue weighted by Crippen LogP contribution is 2.50. The van der Waals surface area contributed by atoms with Crippen molar-refractivity contribution in [2.75, 3.05) is 13.7 Å². The molecule has 1 atom stereocenters. The molecule has 1 aliphatic heterocycles. The van der Waals surface area contributed by atoms with E-state index in [1.807, 2.05) is 30.3 Å². The summed E-state index contributed by atoms with van der Waals surface area (Å²) < 4.78 is 28.7. The zero-order valence-electron chi connectivity index (χ0n) is 19.7. The van der Waals surface area contributed by atoms with Gasteiger partial charge >= 0.3 is 6.03 Å². The van der Waals surface area contributed by atoms with Crippen molar-refractivity contribution in [3.05, 3.63) is 83.4 Å². The number of hydrogen-bond donors (Lipinski definition) is 2. The third-order valence-electron chi connectivity index (χ3n) is 6.22. The molecule has 0 saturated carbocycles. The third-order valence-corrected chi connectivity index (χ3v) is 7.66. The van der Waals surface area contributed by atoms with Crippen LogP contribution in [0.4, 0.5) is 13.6 Å². The van der Waals surface area contributed by atoms with E-state index in [2.05, 4.69) is 28.1 Å². The van der Waals surface area contributed by atoms with Gasteiger partial charge in [0.2, 0.25) is 0 Å². The number of hydroxylamine groups is 1. The number of thioether (sulfide) groups is 1. The van der Waals surface area contributed by atoms with Gasteiger partial charge < -0.3 is 5.32 Å². The molecule has 6 nitrogen and oxygen atoms in total. The normalized spacial score (nSPS) is 20.5. The molecule has 35 heavy (non-hydrogen) atoms. The Hall–Kier alpha value is -2.75. The monoisotopic (exact) mass is 500 g/mol. The first-order valence-corrected chi connectivity index (χ1v) is 12.7. The van der Waals surface area contributed by atoms with Crippen molar-refractivity contribution in [3.63, 3.8) is 0 Å². The summed E-state index contributed by atoms with van der Waals surface area (Å²) in [6, 6.07) is 12.6. The van der Waals surface area contributed by atoms with Gasteiger partial charge in [0.25, 0.3) is 0 Å². The lowest BCUT2D eigenvalue weighted by Crippen LogP contribution is -2.46. The van der Waals surface area contributed by atoms with Crippen LogP contribution >= 0.6 is 11.8 Å². The molecule has 1 aliphatic carbocycles. The van der Waals surface area contributed by atoms with Crippen LogP contribution in [0.15, 0.2) is 65.8 Å². The highest BCUT2D eigenvalue weighted by atomic mass is 32.2. The van der Waals surface area contributed by atoms with Crippen LogP contribution in [0.1, 0.15) is 49.7 Å². The lowest BCUT2D eigenvalue weighted by molar-refractivity contribution is 0.0732. The number of halogens is 2. The first kappa shape index (κ1) is 25.3. The van der Waals surface area contributed by atoms with Crippen LogP contribution in [0.5, 0.6) is 0 Å². The van der Waals surface area contributed by atoms with E-state index in [9.17, 15) is 13.6 Å². The summed E-state index contributed by atoms with van der Waals surface area (Å²) in [6.07, 6.45) is 10.1. The standard InChI is InChI=1S/C26H30F2N4O2S/c1-34-31-25(33)32-26(19-10-5-4-6-11-19,16-9-17-29-21-12-7-2-3-8-13-21)35-24(30-32)22-18-20(27)14-15-23(22)28/h2-6,10-11,14-15,18,21,29H,7-9,12-13,16-17H2,1H3,(H,31,33). The number of hydrazone groups is 1. The predicted octanol–water partition coefficient (Wildman–Crippen LogP) is 5.67. The molecule has 2 amide bonds. The first-order valence-electron chi connectivity index (χ1n) is 11.8. The van der Waals surface area contributed by atoms with Gasteiger partial charge in [0.05, 0.1) is 7.11 Å². The van der Waals surface area contributed by atoms with E-state index in [0.717, 1.165) is 62.4 Å². The van der Waals surface area contributed by atoms with Crippen LogP contribution < -0.4 is 10.8 Å². The van der Waals surface area contributed by atoms with Gasteiger partial charge in [-0.3, -0.25) is 4.84 Å². The summed E-state index contributed by atoms with van der Waals surface area (Å²) in [6.45, 7) is 0.767. The molecule has 2 N–H and O–H groups in total. The minimum absolute atomic E-state index is 0.0205. The van der Waals surface area contributed by atoms with Gasteiger partial charge in [0.1, 0.15) is 21.5 Å². The van der Waals surface area contributed by atoms with Crippen LogP contribution in [-0.2, 0) is 9.71 Å². The van der Waals surface area contributed by atoms with Crippen LogP contribution in [0.25, 0.3) is 0 Å². The highest BCUT2D eigenvalue weighted by Gasteiger charge is 2.49. The van der Waals surface area contributed by atoms with E-state index in [0.29, 0.717) is 12.5 Å². The van der Waals surface area contributed by atoms with E-state index in [1.165, 1.54) is 23.9 Å². The molecule has 186 valence electrons. The molecule has 0 saturated heterocycles. The Bertz CT molecular complexity index is 1070. The zero-order chi connectivity index (χ0) is 24.7. The number of amides is 2. The van der Waals surface area contributed by atoms with Crippen LogP contribution in [0, 0.1) is 11.6 Å². The summed E-state index contributed by atoms with van der Waals surface area (Å²) in [5.41, 5.74) is 3.19. The Morgan fingerprint density at radius 3 is 2.63 bits per heavy atom. The number of allylic oxidation sites excluding steroid dienone is 2. The molecule has 2 aromatic carbocycles. The number of rotatable bonds is 8. The van der Waals surface area contributed by atoms with Crippen LogP contribution in [-0.4, -0.2) is 35.8 Å². The summed E-state index contributed by atoms with van der Waals surface area (Å²) >= 11 is 1.25. The SMILES string of the molecule is CONC(=O)N1N=C(c2cc(F)ccc2F)SC1(CCCNC1CCC=CCC1)c1ccccc1. The van der Waals surface area contributed by atoms with Crippen molar-refractivity contribution in [2.24, 2.45) is 5.10 Å². The number of carbonyl (C=O) groups excluding carboxylic acids is 1. The molecule has 0 bridgehead atoms. The second-order valence-electron chi connectivity index (χ2n) is 8.59. The fourth-order valence-corrected chi connectivity index (χ4v) is 5.92. The molecule has 0 spiro atoms. The number of benzene rings is 2. The van der Waals surface area contributed by atoms with Crippen molar-refractivity contribution in [1.29, 1.82) is 0 Å². The smallest absolute Gasteiger partial charge is 0.314 e. The van der Waals surface area contributed by atoms with E-state index < -0.39 is 22.5 Å². The van der Waals surface area contributed by atoms with E-state index in [1.54, 1.807) is 0 Å². The molecule has 2 aromatic rings. The summed E-state index contributed by atoms with van der Waals surface area (Å²) in [5, 5.41) is 9.65. The predicted molar refractivity (Wildman–Crippen MR) is 135 cm³/mol. The molecule has 1 heterocycles. The molecule has 1 unspecified atom stereocenters. The highest BCUT2D eigenvalue weighted by molar-refractivity contribution is 8.15. The topological polar surface area (TPSA) is 66.0 Å². The Labute approximate surface area is 208 Å². The van der Waals surface area contributed by atoms with E-state index in [-0.39, 0.29) is 10.6 Å². The Morgan fingerprint density at radius 2 is 1.91 bits per heavy atom. The lowest BCUT2D eigenvalue weighted by Gasteiger charge is -2.35. The van der Waals surface area contributed by atoms with Crippen molar-refractivity contribution in [2.45, 2.75) is 49.4 Å². The molecular weight excluding hydrogens is 470 g/mol. The van der Waals surface area contributed by atoms with Gasteiger partial charge in [0, 0.05) is 11.6 Å². The fourth-order valence-electron chi connectivity index (χ4n) is 4.50. The van der Waals surface area contributed by atoms with E-state index >= 15 is 0 Å². The van der Waals surface area contributed by atoms with Crippen molar-refractivity contribution in [1.82, 2.24) is 15.8 Å².